The number of hydrogen-bond acceptors (Lipinski definition) is 4. The molecule has 0 unspecified atom stereocenters. The second-order valence-electron chi connectivity index (χ2n) is 6.76. The van der Waals surface area contributed by atoms with E-state index in [4.69, 9.17) is 14.8 Å². The van der Waals surface area contributed by atoms with E-state index < -0.39 is 0 Å². The minimum absolute atomic E-state index is 0.369. The van der Waals surface area contributed by atoms with Crippen molar-refractivity contribution in [1.82, 2.24) is 19.7 Å². The average Bonchev–Trinajstić information content (AvgIpc) is 2.98. The van der Waals surface area contributed by atoms with Gasteiger partial charge in [-0.25, -0.2) is 9.67 Å². The number of hydrogen-bond donors (Lipinski definition) is 0. The summed E-state index contributed by atoms with van der Waals surface area (Å²) in [5.41, 5.74) is 2.55. The summed E-state index contributed by atoms with van der Waals surface area (Å²) < 4.78 is 7.29. The Morgan fingerprint density at radius 3 is 2.71 bits per heavy atom. The standard InChI is InChI=1S/C19H28N4O/c1-15-7-9-16(10-8-15)14-23-19(17-6-4-5-12-22(17)2)20-18(21-23)11-13-24-3/h7-10,17H,4-6,11-14H2,1-3H3/t17-/m0/s1. The molecule has 1 atom stereocenters. The molecule has 0 spiro atoms. The van der Waals surface area contributed by atoms with Crippen molar-refractivity contribution in [3.63, 3.8) is 0 Å². The smallest absolute Gasteiger partial charge is 0.153 e. The summed E-state index contributed by atoms with van der Waals surface area (Å²) in [6.45, 7) is 4.69. The number of aromatic nitrogens is 3. The summed E-state index contributed by atoms with van der Waals surface area (Å²) in [6.07, 6.45) is 4.46. The van der Waals surface area contributed by atoms with Crippen LogP contribution in [-0.2, 0) is 17.7 Å². The highest BCUT2D eigenvalue weighted by atomic mass is 16.5. The SMILES string of the molecule is COCCc1nc([C@@H]2CCCCN2C)n(Cc2ccc(C)cc2)n1. The van der Waals surface area contributed by atoms with E-state index in [0.29, 0.717) is 12.6 Å². The Kier molecular flexibility index (Phi) is 5.63. The molecule has 24 heavy (non-hydrogen) atoms. The molecule has 1 aliphatic heterocycles. The molecule has 3 rings (SSSR count). The molecule has 1 saturated heterocycles. The molecule has 0 N–H and O–H groups in total. The van der Waals surface area contributed by atoms with Crippen LogP contribution in [0.15, 0.2) is 24.3 Å². The summed E-state index contributed by atoms with van der Waals surface area (Å²) in [7, 11) is 3.92. The van der Waals surface area contributed by atoms with Crippen LogP contribution in [0.2, 0.25) is 0 Å². The number of rotatable bonds is 6. The maximum atomic E-state index is 5.19. The topological polar surface area (TPSA) is 43.2 Å². The highest BCUT2D eigenvalue weighted by Crippen LogP contribution is 2.28. The predicted octanol–water partition coefficient (Wildman–Crippen LogP) is 2.98. The lowest BCUT2D eigenvalue weighted by atomic mass is 10.0. The number of aryl methyl sites for hydroxylation is 1. The minimum Gasteiger partial charge on any atom is -0.384 e. The van der Waals surface area contributed by atoms with Gasteiger partial charge in [0, 0.05) is 13.5 Å². The summed E-state index contributed by atoms with van der Waals surface area (Å²) in [5, 5.41) is 4.77. The van der Waals surface area contributed by atoms with Gasteiger partial charge in [-0.3, -0.25) is 4.90 Å². The fourth-order valence-electron chi connectivity index (χ4n) is 3.33. The zero-order valence-electron chi connectivity index (χ0n) is 15.0. The first-order chi connectivity index (χ1) is 11.7. The van der Waals surface area contributed by atoms with Crippen LogP contribution < -0.4 is 0 Å². The van der Waals surface area contributed by atoms with Crippen molar-refractivity contribution in [3.8, 4) is 0 Å². The molecular weight excluding hydrogens is 300 g/mol. The quantitative estimate of drug-likeness (QED) is 0.818. The van der Waals surface area contributed by atoms with Gasteiger partial charge in [-0.05, 0) is 38.9 Å². The van der Waals surface area contributed by atoms with Crippen LogP contribution in [0.4, 0.5) is 0 Å². The van der Waals surface area contributed by atoms with Crippen LogP contribution in [-0.4, -0.2) is 47.0 Å². The van der Waals surface area contributed by atoms with Crippen LogP contribution in [0.25, 0.3) is 0 Å². The molecule has 2 aromatic rings. The van der Waals surface area contributed by atoms with E-state index in [-0.39, 0.29) is 0 Å². The maximum Gasteiger partial charge on any atom is 0.153 e. The first kappa shape index (κ1) is 17.1. The highest BCUT2D eigenvalue weighted by Gasteiger charge is 2.26. The maximum absolute atomic E-state index is 5.19. The zero-order valence-corrected chi connectivity index (χ0v) is 15.0. The molecule has 0 bridgehead atoms. The fraction of sp³-hybridized carbons (Fsp3) is 0.579. The van der Waals surface area contributed by atoms with Crippen molar-refractivity contribution < 1.29 is 4.74 Å². The third kappa shape index (κ3) is 4.02. The van der Waals surface area contributed by atoms with E-state index in [9.17, 15) is 0 Å². The van der Waals surface area contributed by atoms with Gasteiger partial charge >= 0.3 is 0 Å². The van der Waals surface area contributed by atoms with Gasteiger partial charge in [0.25, 0.3) is 0 Å². The molecule has 0 radical (unpaired) electrons. The lowest BCUT2D eigenvalue weighted by Crippen LogP contribution is -2.31. The van der Waals surface area contributed by atoms with Crippen LogP contribution in [0, 0.1) is 6.92 Å². The van der Waals surface area contributed by atoms with Crippen LogP contribution in [0.3, 0.4) is 0 Å². The van der Waals surface area contributed by atoms with Gasteiger partial charge in [0.05, 0.1) is 19.2 Å². The van der Waals surface area contributed by atoms with E-state index in [1.54, 1.807) is 7.11 Å². The zero-order chi connectivity index (χ0) is 16.9. The van der Waals surface area contributed by atoms with E-state index >= 15 is 0 Å². The summed E-state index contributed by atoms with van der Waals surface area (Å²) in [6, 6.07) is 9.04. The van der Waals surface area contributed by atoms with E-state index in [1.807, 2.05) is 0 Å². The van der Waals surface area contributed by atoms with Gasteiger partial charge in [-0.15, -0.1) is 0 Å². The third-order valence-corrected chi connectivity index (χ3v) is 4.80. The van der Waals surface area contributed by atoms with Crippen molar-refractivity contribution >= 4 is 0 Å². The van der Waals surface area contributed by atoms with Gasteiger partial charge in [-0.1, -0.05) is 36.2 Å². The van der Waals surface area contributed by atoms with Gasteiger partial charge in [0.1, 0.15) is 5.82 Å². The Bertz CT molecular complexity index is 650. The lowest BCUT2D eigenvalue weighted by Gasteiger charge is -2.31. The Hall–Kier alpha value is -1.72. The predicted molar refractivity (Wildman–Crippen MR) is 95.1 cm³/mol. The molecule has 2 heterocycles. The molecule has 1 aliphatic rings. The second kappa shape index (κ2) is 7.90. The number of nitrogens with zero attached hydrogens (tertiary/aromatic N) is 4. The van der Waals surface area contributed by atoms with Crippen molar-refractivity contribution in [2.75, 3.05) is 27.3 Å². The summed E-state index contributed by atoms with van der Waals surface area (Å²) in [5.74, 6) is 1.99. The number of piperidine rings is 1. The van der Waals surface area contributed by atoms with E-state index in [2.05, 4.69) is 47.8 Å². The number of ether oxygens (including phenoxy) is 1. The summed E-state index contributed by atoms with van der Waals surface area (Å²) >= 11 is 0. The third-order valence-electron chi connectivity index (χ3n) is 4.80. The molecular formula is C19H28N4O. The van der Waals surface area contributed by atoms with Gasteiger partial charge < -0.3 is 4.74 Å². The Morgan fingerprint density at radius 2 is 2.00 bits per heavy atom. The molecule has 0 saturated carbocycles. The largest absolute Gasteiger partial charge is 0.384 e. The molecule has 0 amide bonds. The van der Waals surface area contributed by atoms with Gasteiger partial charge in [0.2, 0.25) is 0 Å². The van der Waals surface area contributed by atoms with Gasteiger partial charge in [-0.2, -0.15) is 5.10 Å². The monoisotopic (exact) mass is 328 g/mol. The lowest BCUT2D eigenvalue weighted by molar-refractivity contribution is 0.174. The molecule has 1 aromatic carbocycles. The van der Waals surface area contributed by atoms with E-state index in [0.717, 1.165) is 37.6 Å². The van der Waals surface area contributed by atoms with E-state index in [1.165, 1.54) is 24.0 Å². The Balaban J connectivity index is 1.86. The summed E-state index contributed by atoms with van der Waals surface area (Å²) in [4.78, 5) is 7.28. The minimum atomic E-state index is 0.369. The molecule has 5 heteroatoms. The molecule has 5 nitrogen and oxygen atoms in total. The van der Waals surface area contributed by atoms with Crippen LogP contribution in [0.5, 0.6) is 0 Å². The van der Waals surface area contributed by atoms with Gasteiger partial charge in [0.15, 0.2) is 5.82 Å². The number of benzene rings is 1. The first-order valence-corrected chi connectivity index (χ1v) is 8.85. The van der Waals surface area contributed by atoms with Crippen molar-refractivity contribution in [3.05, 3.63) is 47.0 Å². The average molecular weight is 328 g/mol. The number of likely N-dealkylation sites (tertiary alicyclic amines) is 1. The molecule has 1 fully saturated rings. The first-order valence-electron chi connectivity index (χ1n) is 8.85. The second-order valence-corrected chi connectivity index (χ2v) is 6.76. The van der Waals surface area contributed by atoms with Crippen molar-refractivity contribution in [1.29, 1.82) is 0 Å². The van der Waals surface area contributed by atoms with Crippen molar-refractivity contribution in [2.24, 2.45) is 0 Å². The molecule has 130 valence electrons. The van der Waals surface area contributed by atoms with Crippen LogP contribution in [0.1, 0.15) is 48.1 Å². The van der Waals surface area contributed by atoms with Crippen molar-refractivity contribution in [2.45, 2.75) is 45.2 Å². The van der Waals surface area contributed by atoms with Crippen LogP contribution >= 0.6 is 0 Å². The molecule has 0 aliphatic carbocycles. The highest BCUT2D eigenvalue weighted by molar-refractivity contribution is 5.21. The fourth-order valence-corrected chi connectivity index (χ4v) is 3.33. The number of methoxy groups -OCH3 is 1. The normalized spacial score (nSPS) is 18.9. The Morgan fingerprint density at radius 1 is 1.21 bits per heavy atom. The Labute approximate surface area is 144 Å². The molecule has 1 aromatic heterocycles.